The van der Waals surface area contributed by atoms with Crippen molar-refractivity contribution in [2.75, 3.05) is 10.6 Å². The number of rotatable bonds is 10. The van der Waals surface area contributed by atoms with Crippen molar-refractivity contribution in [1.29, 1.82) is 0 Å². The molecule has 1 aromatic rings. The lowest BCUT2D eigenvalue weighted by Crippen LogP contribution is -2.19. The van der Waals surface area contributed by atoms with Crippen molar-refractivity contribution in [3.63, 3.8) is 0 Å². The van der Waals surface area contributed by atoms with E-state index >= 15 is 0 Å². The molecule has 0 atom stereocenters. The Kier molecular flexibility index (Phi) is 10.9. The van der Waals surface area contributed by atoms with E-state index < -0.39 is 11.8 Å². The molecule has 1 aliphatic carbocycles. The zero-order valence-corrected chi connectivity index (χ0v) is 23.0. The highest BCUT2D eigenvalue weighted by Crippen LogP contribution is 2.40. The van der Waals surface area contributed by atoms with Crippen LogP contribution in [0.2, 0.25) is 0 Å². The Morgan fingerprint density at radius 2 is 1.81 bits per heavy atom. The van der Waals surface area contributed by atoms with Crippen LogP contribution in [-0.4, -0.2) is 17.7 Å². The Bertz CT molecular complexity index is 1180. The molecule has 0 unspecified atom stereocenters. The first-order chi connectivity index (χ1) is 17.4. The maximum atomic E-state index is 12.6. The van der Waals surface area contributed by atoms with Crippen LogP contribution in [0.4, 0.5) is 11.4 Å². The topological polar surface area (TPSA) is 101 Å². The average Bonchev–Trinajstić information content (AvgIpc) is 2.78. The van der Waals surface area contributed by atoms with Crippen molar-refractivity contribution >= 4 is 29.1 Å². The smallest absolute Gasteiger partial charge is 0.250 e. The third-order valence-electron chi connectivity index (χ3n) is 6.44. The van der Waals surface area contributed by atoms with Gasteiger partial charge in [0.05, 0.1) is 11.3 Å². The highest BCUT2D eigenvalue weighted by molar-refractivity contribution is 6.07. The van der Waals surface area contributed by atoms with E-state index in [2.05, 4.69) is 50.5 Å². The molecule has 1 aromatic carbocycles. The molecule has 0 bridgehead atoms. The molecule has 4 N–H and O–H groups in total. The minimum Gasteiger partial charge on any atom is -0.366 e. The first-order valence-corrected chi connectivity index (χ1v) is 12.9. The van der Waals surface area contributed by atoms with Crippen LogP contribution in [0.5, 0.6) is 0 Å². The number of nitrogens with two attached hydrogens (primary N) is 1. The normalized spacial score (nSPS) is 16.4. The van der Waals surface area contributed by atoms with Crippen LogP contribution in [-0.2, 0) is 9.59 Å². The largest absolute Gasteiger partial charge is 0.366 e. The minimum absolute atomic E-state index is 0.139. The van der Waals surface area contributed by atoms with Gasteiger partial charge < -0.3 is 16.4 Å². The van der Waals surface area contributed by atoms with Crippen molar-refractivity contribution in [1.82, 2.24) is 0 Å². The monoisotopic (exact) mass is 503 g/mol. The van der Waals surface area contributed by atoms with Crippen molar-refractivity contribution in [2.24, 2.45) is 11.1 Å². The quantitative estimate of drug-likeness (QED) is 0.237. The van der Waals surface area contributed by atoms with Gasteiger partial charge in [-0.15, -0.1) is 0 Å². The number of amides is 3. The molecular weight excluding hydrogens is 462 g/mol. The summed E-state index contributed by atoms with van der Waals surface area (Å²) in [7, 11) is 0. The van der Waals surface area contributed by atoms with Gasteiger partial charge in [-0.3, -0.25) is 14.4 Å². The third kappa shape index (κ3) is 9.37. The summed E-state index contributed by atoms with van der Waals surface area (Å²) in [5.74, 6) is -1.21. The number of primary amides is 1. The van der Waals surface area contributed by atoms with E-state index in [1.165, 1.54) is 42.2 Å². The molecule has 6 nitrogen and oxygen atoms in total. The lowest BCUT2D eigenvalue weighted by molar-refractivity contribution is -0.116. The zero-order chi connectivity index (χ0) is 27.6. The number of nitrogens with one attached hydrogen (secondary N) is 2. The van der Waals surface area contributed by atoms with Gasteiger partial charge in [0.15, 0.2) is 0 Å². The maximum Gasteiger partial charge on any atom is 0.250 e. The Balaban J connectivity index is 2.08. The molecule has 2 rings (SSSR count). The fourth-order valence-electron chi connectivity index (χ4n) is 4.45. The van der Waals surface area contributed by atoms with Gasteiger partial charge in [-0.2, -0.15) is 0 Å². The second-order valence-corrected chi connectivity index (χ2v) is 10.3. The predicted molar refractivity (Wildman–Crippen MR) is 153 cm³/mol. The molecule has 37 heavy (non-hydrogen) atoms. The molecule has 0 radical (unpaired) electrons. The van der Waals surface area contributed by atoms with E-state index in [4.69, 9.17) is 5.73 Å². The Hall–Kier alpha value is -3.67. The van der Waals surface area contributed by atoms with Crippen molar-refractivity contribution < 1.29 is 14.4 Å². The lowest BCUT2D eigenvalue weighted by atomic mass is 9.72. The third-order valence-corrected chi connectivity index (χ3v) is 6.44. The van der Waals surface area contributed by atoms with Crippen molar-refractivity contribution in [3.8, 4) is 0 Å². The minimum atomic E-state index is -0.668. The average molecular weight is 504 g/mol. The summed E-state index contributed by atoms with van der Waals surface area (Å²) < 4.78 is 0. The first-order valence-electron chi connectivity index (χ1n) is 12.9. The summed E-state index contributed by atoms with van der Waals surface area (Å²) in [6.45, 7) is 12.6. The fraction of sp³-hybridized carbons (Fsp3) is 0.387. The number of allylic oxidation sites excluding steroid dienone is 9. The van der Waals surface area contributed by atoms with Gasteiger partial charge in [0.2, 0.25) is 11.8 Å². The van der Waals surface area contributed by atoms with E-state index in [0.717, 1.165) is 17.6 Å². The van der Waals surface area contributed by atoms with Gasteiger partial charge in [-0.05, 0) is 81.2 Å². The number of anilines is 2. The number of benzene rings is 1. The van der Waals surface area contributed by atoms with Crippen molar-refractivity contribution in [3.05, 3.63) is 82.5 Å². The van der Waals surface area contributed by atoms with Gasteiger partial charge in [0.25, 0.3) is 5.91 Å². The molecule has 0 saturated heterocycles. The van der Waals surface area contributed by atoms with Crippen LogP contribution in [0.3, 0.4) is 0 Å². The summed E-state index contributed by atoms with van der Waals surface area (Å²) in [5, 5.41) is 5.46. The van der Waals surface area contributed by atoms with Crippen molar-refractivity contribution in [2.45, 2.75) is 73.6 Å². The predicted octanol–water partition coefficient (Wildman–Crippen LogP) is 6.99. The molecule has 0 aliphatic heterocycles. The second-order valence-electron chi connectivity index (χ2n) is 10.3. The van der Waals surface area contributed by atoms with Crippen LogP contribution in [0.25, 0.3) is 0 Å². The van der Waals surface area contributed by atoms with E-state index in [9.17, 15) is 14.4 Å². The summed E-state index contributed by atoms with van der Waals surface area (Å²) >= 11 is 0. The molecule has 0 heterocycles. The van der Waals surface area contributed by atoms with Crippen LogP contribution in [0, 0.1) is 5.41 Å². The summed E-state index contributed by atoms with van der Waals surface area (Å²) in [6.07, 6.45) is 16.3. The Morgan fingerprint density at radius 3 is 2.46 bits per heavy atom. The van der Waals surface area contributed by atoms with Crippen LogP contribution in [0.1, 0.15) is 84.0 Å². The molecule has 0 saturated carbocycles. The Labute approximate surface area is 221 Å². The second kappa shape index (κ2) is 13.6. The molecule has 6 heteroatoms. The molecule has 0 aromatic heterocycles. The molecule has 3 amide bonds. The highest BCUT2D eigenvalue weighted by Gasteiger charge is 2.26. The molecule has 198 valence electrons. The van der Waals surface area contributed by atoms with Gasteiger partial charge in [0, 0.05) is 18.2 Å². The highest BCUT2D eigenvalue weighted by atomic mass is 16.2. The summed E-state index contributed by atoms with van der Waals surface area (Å²) in [6, 6.07) is 4.61. The van der Waals surface area contributed by atoms with Crippen LogP contribution in [0.15, 0.2) is 76.9 Å². The fourth-order valence-corrected chi connectivity index (χ4v) is 4.45. The van der Waals surface area contributed by atoms with Gasteiger partial charge >= 0.3 is 0 Å². The van der Waals surface area contributed by atoms with Gasteiger partial charge in [-0.1, -0.05) is 62.3 Å². The summed E-state index contributed by atoms with van der Waals surface area (Å²) in [4.78, 5) is 36.3. The lowest BCUT2D eigenvalue weighted by Gasteiger charge is -2.32. The number of hydrogen-bond donors (Lipinski definition) is 3. The summed E-state index contributed by atoms with van der Waals surface area (Å²) in [5.41, 5.74) is 11.3. The number of hydrogen-bond acceptors (Lipinski definition) is 3. The molecular formula is C31H41N3O3. The van der Waals surface area contributed by atoms with E-state index in [0.29, 0.717) is 18.5 Å². The zero-order valence-electron chi connectivity index (χ0n) is 23.0. The maximum absolute atomic E-state index is 12.6. The van der Waals surface area contributed by atoms with E-state index in [1.54, 1.807) is 6.07 Å². The van der Waals surface area contributed by atoms with E-state index in [-0.39, 0.29) is 22.6 Å². The van der Waals surface area contributed by atoms with Crippen LogP contribution >= 0.6 is 0 Å². The standard InChI is InChI=1S/C31H41N3O3/c1-7-10-28(35)33-24-15-16-25(30(32)37)27(20-24)34-29(36)19-22(3)12-8-11-21(2)14-17-26-23(4)13-9-18-31(26,5)6/h8,11-12,14-17,19-20H,7,9-10,13,18H2,1-6H3,(H2,32,37)(H,33,35)(H,34,36)/b12-8+,17-14+,21-11+,22-19+. The van der Waals surface area contributed by atoms with Gasteiger partial charge in [-0.25, -0.2) is 0 Å². The molecule has 1 aliphatic rings. The number of carbonyl (C=O) groups excluding carboxylic acids is 3. The Morgan fingerprint density at radius 1 is 1.08 bits per heavy atom. The molecule has 0 spiro atoms. The van der Waals surface area contributed by atoms with Crippen LogP contribution < -0.4 is 16.4 Å². The van der Waals surface area contributed by atoms with Gasteiger partial charge in [0.1, 0.15) is 0 Å². The first kappa shape index (κ1) is 29.6. The number of carbonyl (C=O) groups is 3. The van der Waals surface area contributed by atoms with E-state index in [1.807, 2.05) is 32.1 Å². The molecule has 0 fully saturated rings. The SMILES string of the molecule is CCCC(=O)Nc1ccc(C(N)=O)c(NC(=O)/C=C(C)/C=C/C=C(C)/C=C/C2=C(C)CCCC2(C)C)c1.